The Morgan fingerprint density at radius 1 is 0.949 bits per heavy atom. The van der Waals surface area contributed by atoms with E-state index >= 15 is 4.79 Å². The van der Waals surface area contributed by atoms with Gasteiger partial charge in [0.2, 0.25) is 29.4 Å². The Bertz CT molecular complexity index is 2660. The number of amides is 4. The van der Waals surface area contributed by atoms with Crippen LogP contribution >= 0.6 is 22.9 Å². The number of hydrogen-bond donors (Lipinski definition) is 1. The van der Waals surface area contributed by atoms with Gasteiger partial charge in [0.05, 0.1) is 48.0 Å². The van der Waals surface area contributed by atoms with Crippen LogP contribution < -0.4 is 19.3 Å². The fourth-order valence-electron chi connectivity index (χ4n) is 10.0. The molecule has 0 bridgehead atoms. The van der Waals surface area contributed by atoms with E-state index < -0.39 is 35.0 Å². The number of ether oxygens (including phenoxy) is 2. The summed E-state index contributed by atoms with van der Waals surface area (Å²) in [6.45, 7) is 5.90. The summed E-state index contributed by atoms with van der Waals surface area (Å²) in [6.07, 6.45) is 7.13. The van der Waals surface area contributed by atoms with Crippen molar-refractivity contribution in [3.63, 3.8) is 0 Å². The molecule has 302 valence electrons. The van der Waals surface area contributed by atoms with Crippen LogP contribution in [-0.2, 0) is 32.6 Å². The Balaban J connectivity index is 1.14. The topological polar surface area (TPSA) is 131 Å². The van der Waals surface area contributed by atoms with Crippen LogP contribution in [0.3, 0.4) is 0 Å². The Morgan fingerprint density at radius 3 is 2.34 bits per heavy atom. The van der Waals surface area contributed by atoms with E-state index in [1.165, 1.54) is 24.0 Å². The molecule has 5 aromatic rings. The first kappa shape index (κ1) is 38.8. The molecule has 59 heavy (non-hydrogen) atoms. The van der Waals surface area contributed by atoms with Crippen LogP contribution in [0, 0.1) is 41.9 Å². The number of methoxy groups -OCH3 is 2. The summed E-state index contributed by atoms with van der Waals surface area (Å²) in [7, 11) is 4.62. The van der Waals surface area contributed by atoms with Gasteiger partial charge < -0.3 is 14.6 Å². The molecule has 13 heteroatoms. The summed E-state index contributed by atoms with van der Waals surface area (Å²) in [5, 5.41) is 17.1. The van der Waals surface area contributed by atoms with Gasteiger partial charge >= 0.3 is 0 Å². The molecule has 4 amide bonds. The van der Waals surface area contributed by atoms with Gasteiger partial charge in [-0.25, -0.2) is 4.90 Å². The second-order valence-electron chi connectivity index (χ2n) is 16.1. The van der Waals surface area contributed by atoms with E-state index in [9.17, 15) is 19.5 Å². The van der Waals surface area contributed by atoms with Gasteiger partial charge in [0.25, 0.3) is 0 Å². The molecule has 1 saturated carbocycles. The van der Waals surface area contributed by atoms with Crippen molar-refractivity contribution in [2.45, 2.75) is 40.0 Å². The first-order valence-corrected chi connectivity index (χ1v) is 20.9. The molecule has 0 radical (unpaired) electrons. The number of carbonyl (C=O) groups excluding carboxylic acids is 4. The lowest BCUT2D eigenvalue weighted by Crippen LogP contribution is -2.49. The number of imide groups is 2. The zero-order valence-corrected chi connectivity index (χ0v) is 35.1. The van der Waals surface area contributed by atoms with Crippen molar-refractivity contribution in [2.75, 3.05) is 24.0 Å². The molecule has 2 saturated heterocycles. The molecule has 4 heterocycles. The minimum atomic E-state index is -1.26. The fraction of sp³-hybridized carbons (Fsp3) is 0.326. The van der Waals surface area contributed by atoms with Crippen LogP contribution in [0.2, 0.25) is 5.02 Å². The highest BCUT2D eigenvalue weighted by atomic mass is 35.5. The molecule has 3 fully saturated rings. The van der Waals surface area contributed by atoms with Crippen molar-refractivity contribution in [1.82, 2.24) is 9.78 Å². The minimum Gasteiger partial charge on any atom is -0.502 e. The number of anilines is 2. The van der Waals surface area contributed by atoms with E-state index in [2.05, 4.69) is 0 Å². The normalized spacial score (nSPS) is 25.2. The number of aromatic hydroxyl groups is 1. The Labute approximate surface area is 350 Å². The van der Waals surface area contributed by atoms with Crippen LogP contribution in [0.4, 0.5) is 11.5 Å². The number of allylic oxidation sites excluding steroid dienone is 3. The summed E-state index contributed by atoms with van der Waals surface area (Å²) < 4.78 is 13.5. The molecule has 2 aliphatic carbocycles. The summed E-state index contributed by atoms with van der Waals surface area (Å²) in [6, 6.07) is 18.4. The van der Waals surface area contributed by atoms with Gasteiger partial charge in [-0.3, -0.25) is 28.8 Å². The summed E-state index contributed by atoms with van der Waals surface area (Å²) in [5.41, 5.74) is 3.49. The molecular formula is C46H43ClN4O7S. The van der Waals surface area contributed by atoms with Gasteiger partial charge in [-0.15, -0.1) is 11.3 Å². The molecule has 11 nitrogen and oxygen atoms in total. The van der Waals surface area contributed by atoms with Crippen LogP contribution in [0.1, 0.15) is 43.4 Å². The van der Waals surface area contributed by atoms with Gasteiger partial charge in [-0.2, -0.15) is 5.10 Å². The third kappa shape index (κ3) is 5.78. The van der Waals surface area contributed by atoms with Crippen molar-refractivity contribution in [3.05, 3.63) is 100 Å². The third-order valence-electron chi connectivity index (χ3n) is 13.1. The number of aromatic nitrogens is 2. The molecular weight excluding hydrogens is 788 g/mol. The number of hydrogen-bond acceptors (Lipinski definition) is 9. The molecule has 3 aromatic carbocycles. The van der Waals surface area contributed by atoms with Gasteiger partial charge in [0.1, 0.15) is 11.5 Å². The lowest BCUT2D eigenvalue weighted by atomic mass is 9.52. The second-order valence-corrected chi connectivity index (χ2v) is 17.6. The summed E-state index contributed by atoms with van der Waals surface area (Å²) in [5.74, 6) is -3.89. The van der Waals surface area contributed by atoms with Crippen molar-refractivity contribution in [3.8, 4) is 27.8 Å². The monoisotopic (exact) mass is 830 g/mol. The van der Waals surface area contributed by atoms with Crippen molar-refractivity contribution < 1.29 is 33.8 Å². The zero-order valence-electron chi connectivity index (χ0n) is 33.5. The van der Waals surface area contributed by atoms with Crippen LogP contribution in [0.25, 0.3) is 26.7 Å². The average Bonchev–Trinajstić information content (AvgIpc) is 3.90. The number of thiophene rings is 1. The van der Waals surface area contributed by atoms with Crippen molar-refractivity contribution >= 4 is 74.2 Å². The number of aryl methyl sites for hydroxylation is 3. The van der Waals surface area contributed by atoms with Gasteiger partial charge in [-0.05, 0) is 104 Å². The number of fused-ring (bicyclic) bond motifs is 5. The van der Waals surface area contributed by atoms with Gasteiger partial charge in [-0.1, -0.05) is 54.5 Å². The van der Waals surface area contributed by atoms with Crippen LogP contribution in [-0.4, -0.2) is 52.7 Å². The fourth-order valence-corrected chi connectivity index (χ4v) is 11.3. The highest BCUT2D eigenvalue weighted by Crippen LogP contribution is 2.61. The maximum Gasteiger partial charge on any atom is 0.242 e. The first-order valence-electron chi connectivity index (χ1n) is 19.7. The average molecular weight is 831 g/mol. The lowest BCUT2D eigenvalue weighted by molar-refractivity contribution is -0.132. The standard InChI is InChI=1S/C46H43ClN4O7S/c1-7-24-8-12-27(13-9-24)50-42(53)29-15-14-28-31(39(29)44(50)55)21-33-43(54)51(38-22-34(48-49(38)4)41-23(2)30-20-26(47)11-17-37(30)59-41)45(56)46(33,3)32(28)16-10-25-18-35(57-5)40(52)36(19-25)58-6/h8-14,16-20,22,29,31-33,39,52H,7,15,21H2,1-6H3/t29-,31+,32-,33-,39-,46-/m0/s1. The van der Waals surface area contributed by atoms with E-state index in [4.69, 9.17) is 26.2 Å². The summed E-state index contributed by atoms with van der Waals surface area (Å²) in [4.78, 5) is 62.3. The van der Waals surface area contributed by atoms with Crippen LogP contribution in [0.5, 0.6) is 17.2 Å². The largest absolute Gasteiger partial charge is 0.502 e. The molecule has 2 aliphatic heterocycles. The van der Waals surface area contributed by atoms with E-state index in [0.717, 1.165) is 38.1 Å². The number of nitrogens with zero attached hydrogens (tertiary/aromatic N) is 4. The molecule has 0 unspecified atom stereocenters. The Morgan fingerprint density at radius 2 is 1.66 bits per heavy atom. The SMILES string of the molecule is CCc1ccc(N2C(=O)[C@H]3[C@H](CC=C4[C@H]3C[C@H]3C(=O)N(c5cc(-c6sc7ccc(Cl)cc7c6C)nn5C)C(=O)[C@@]3(C)[C@H]4C=Cc3cc(OC)c(O)c(OC)c3)C2=O)cc1. The van der Waals surface area contributed by atoms with Gasteiger partial charge in [0, 0.05) is 28.8 Å². The maximum absolute atomic E-state index is 15.2. The number of phenols is 1. The minimum absolute atomic E-state index is 0.145. The smallest absolute Gasteiger partial charge is 0.242 e. The maximum atomic E-state index is 15.2. The predicted octanol–water partition coefficient (Wildman–Crippen LogP) is 8.53. The Kier molecular flexibility index (Phi) is 9.36. The second kappa shape index (κ2) is 14.2. The number of benzene rings is 3. The zero-order chi connectivity index (χ0) is 41.7. The van der Waals surface area contributed by atoms with Gasteiger partial charge in [0.15, 0.2) is 11.5 Å². The molecule has 2 aromatic heterocycles. The molecule has 9 rings (SSSR count). The van der Waals surface area contributed by atoms with E-state index in [1.807, 2.05) is 81.5 Å². The van der Waals surface area contributed by atoms with E-state index in [0.29, 0.717) is 34.2 Å². The van der Waals surface area contributed by atoms with Crippen molar-refractivity contribution in [1.29, 1.82) is 0 Å². The third-order valence-corrected chi connectivity index (χ3v) is 14.7. The lowest BCUT2D eigenvalue weighted by Gasteiger charge is -2.47. The van der Waals surface area contributed by atoms with E-state index in [1.54, 1.807) is 41.3 Å². The molecule has 6 atom stereocenters. The molecule has 0 spiro atoms. The molecule has 1 N–H and O–H groups in total. The Hall–Kier alpha value is -5.72. The molecule has 4 aliphatic rings. The van der Waals surface area contributed by atoms with Crippen molar-refractivity contribution in [2.24, 2.45) is 42.1 Å². The number of rotatable bonds is 8. The number of phenolic OH excluding ortho intramolecular Hbond substituents is 1. The summed E-state index contributed by atoms with van der Waals surface area (Å²) >= 11 is 7.91. The number of halogens is 1. The highest BCUT2D eigenvalue weighted by Gasteiger charge is 2.67. The van der Waals surface area contributed by atoms with Crippen LogP contribution in [0.15, 0.2) is 78.4 Å². The van der Waals surface area contributed by atoms with E-state index in [-0.39, 0.29) is 47.3 Å². The number of carbonyl (C=O) groups is 4. The first-order chi connectivity index (χ1) is 28.3. The highest BCUT2D eigenvalue weighted by molar-refractivity contribution is 7.22. The quantitative estimate of drug-likeness (QED) is 0.122. The predicted molar refractivity (Wildman–Crippen MR) is 228 cm³/mol.